The van der Waals surface area contributed by atoms with Crippen molar-refractivity contribution in [1.29, 1.82) is 0 Å². The zero-order chi connectivity index (χ0) is 26.2. The summed E-state index contributed by atoms with van der Waals surface area (Å²) in [7, 11) is 2.18. The van der Waals surface area contributed by atoms with Crippen LogP contribution in [-0.4, -0.2) is 72.8 Å². The minimum Gasteiger partial charge on any atom is -0.494 e. The molecule has 0 bridgehead atoms. The van der Waals surface area contributed by atoms with Crippen LogP contribution in [0.25, 0.3) is 22.6 Å². The number of aryl methyl sites for hydroxylation is 1. The zero-order valence-electron chi connectivity index (χ0n) is 23.1. The molecule has 0 N–H and O–H groups in total. The van der Waals surface area contributed by atoms with E-state index in [-0.39, 0.29) is 0 Å². The van der Waals surface area contributed by atoms with Crippen LogP contribution in [-0.2, 0) is 0 Å². The van der Waals surface area contributed by atoms with E-state index in [4.69, 9.17) is 19.4 Å². The minimum absolute atomic E-state index is 0.703. The van der Waals surface area contributed by atoms with E-state index >= 15 is 0 Å². The van der Waals surface area contributed by atoms with Gasteiger partial charge < -0.3 is 14.4 Å². The number of ether oxygens (including phenoxy) is 2. The molecule has 0 radical (unpaired) electrons. The third-order valence-corrected chi connectivity index (χ3v) is 7.91. The number of aromatic nitrogens is 2. The number of piperazine rings is 1. The highest BCUT2D eigenvalue weighted by atomic mass is 16.5. The van der Waals surface area contributed by atoms with Crippen LogP contribution in [0.4, 0.5) is 0 Å². The van der Waals surface area contributed by atoms with Crippen LogP contribution >= 0.6 is 0 Å². The normalized spacial score (nSPS) is 17.4. The lowest BCUT2D eigenvalue weighted by atomic mass is 9.87. The fourth-order valence-electron chi connectivity index (χ4n) is 5.45. The molecule has 2 aromatic carbocycles. The summed E-state index contributed by atoms with van der Waals surface area (Å²) in [4.78, 5) is 14.4. The van der Waals surface area contributed by atoms with Gasteiger partial charge in [0.1, 0.15) is 18.1 Å². The zero-order valence-corrected chi connectivity index (χ0v) is 23.1. The fourth-order valence-corrected chi connectivity index (χ4v) is 5.45. The molecular formula is C32H42N4O2. The van der Waals surface area contributed by atoms with Crippen LogP contribution in [0, 0.1) is 12.8 Å². The number of hydrogen-bond acceptors (Lipinski definition) is 6. The molecule has 0 amide bonds. The Labute approximate surface area is 228 Å². The lowest BCUT2D eigenvalue weighted by molar-refractivity contribution is 0.134. The van der Waals surface area contributed by atoms with Crippen molar-refractivity contribution in [2.24, 2.45) is 5.92 Å². The maximum atomic E-state index is 6.04. The van der Waals surface area contributed by atoms with Crippen molar-refractivity contribution >= 4 is 0 Å². The number of benzene rings is 2. The van der Waals surface area contributed by atoms with Crippen molar-refractivity contribution < 1.29 is 9.47 Å². The summed E-state index contributed by atoms with van der Waals surface area (Å²) in [6.45, 7) is 8.98. The monoisotopic (exact) mass is 514 g/mol. The fraction of sp³-hybridized carbons (Fsp3) is 0.500. The lowest BCUT2D eigenvalue weighted by Crippen LogP contribution is -2.45. The largest absolute Gasteiger partial charge is 0.494 e. The highest BCUT2D eigenvalue weighted by Gasteiger charge is 2.14. The molecule has 2 fully saturated rings. The Morgan fingerprint density at radius 3 is 2.08 bits per heavy atom. The smallest absolute Gasteiger partial charge is 0.160 e. The number of nitrogens with zero attached hydrogens (tertiary/aromatic N) is 4. The maximum absolute atomic E-state index is 6.04. The van der Waals surface area contributed by atoms with Crippen LogP contribution in [0.15, 0.2) is 54.6 Å². The van der Waals surface area contributed by atoms with E-state index in [9.17, 15) is 0 Å². The molecule has 6 heteroatoms. The first kappa shape index (κ1) is 26.6. The Morgan fingerprint density at radius 1 is 0.763 bits per heavy atom. The Morgan fingerprint density at radius 2 is 1.39 bits per heavy atom. The van der Waals surface area contributed by atoms with Gasteiger partial charge in [-0.1, -0.05) is 32.1 Å². The lowest BCUT2D eigenvalue weighted by Gasteiger charge is -2.32. The quantitative estimate of drug-likeness (QED) is 0.326. The first-order valence-corrected chi connectivity index (χ1v) is 14.4. The highest BCUT2D eigenvalue weighted by molar-refractivity contribution is 5.65. The van der Waals surface area contributed by atoms with Crippen LogP contribution in [0.3, 0.4) is 0 Å². The van der Waals surface area contributed by atoms with Gasteiger partial charge in [0.05, 0.1) is 12.3 Å². The molecule has 3 aromatic rings. The third-order valence-electron chi connectivity index (χ3n) is 7.91. The van der Waals surface area contributed by atoms with Crippen molar-refractivity contribution in [3.8, 4) is 34.1 Å². The second-order valence-corrected chi connectivity index (χ2v) is 10.9. The van der Waals surface area contributed by atoms with Crippen LogP contribution in [0.2, 0.25) is 0 Å². The number of rotatable bonds is 10. The number of hydrogen-bond donors (Lipinski definition) is 0. The molecule has 0 atom stereocenters. The Hall–Kier alpha value is -2.96. The molecule has 38 heavy (non-hydrogen) atoms. The average molecular weight is 515 g/mol. The molecule has 202 valence electrons. The molecule has 1 saturated carbocycles. The standard InChI is InChI=1S/C32H42N4O2/c1-25-24-31(27-8-12-29(13-9-27)37-22-16-26-6-4-3-5-7-26)34-32(33-25)28-10-14-30(15-11-28)38-23-21-36-19-17-35(2)18-20-36/h8-15,24,26H,3-7,16-23H2,1-2H3. The first-order chi connectivity index (χ1) is 18.6. The molecule has 2 aliphatic rings. The third kappa shape index (κ3) is 7.55. The molecule has 2 heterocycles. The minimum atomic E-state index is 0.703. The van der Waals surface area contributed by atoms with E-state index in [1.165, 1.54) is 32.1 Å². The van der Waals surface area contributed by atoms with Gasteiger partial charge in [0, 0.05) is 49.5 Å². The summed E-state index contributed by atoms with van der Waals surface area (Å²) in [6, 6.07) is 18.5. The molecule has 1 aromatic heterocycles. The van der Waals surface area contributed by atoms with Gasteiger partial charge in [0.2, 0.25) is 0 Å². The average Bonchev–Trinajstić information content (AvgIpc) is 2.95. The number of likely N-dealkylation sites (N-methyl/N-ethyl adjacent to an activating group) is 1. The van der Waals surface area contributed by atoms with E-state index in [1.807, 2.05) is 37.3 Å². The molecular weight excluding hydrogens is 472 g/mol. The van der Waals surface area contributed by atoms with Crippen molar-refractivity contribution in [1.82, 2.24) is 19.8 Å². The van der Waals surface area contributed by atoms with Crippen LogP contribution < -0.4 is 9.47 Å². The van der Waals surface area contributed by atoms with Crippen molar-refractivity contribution in [2.75, 3.05) is 53.0 Å². The molecule has 0 unspecified atom stereocenters. The van der Waals surface area contributed by atoms with Gasteiger partial charge >= 0.3 is 0 Å². The van der Waals surface area contributed by atoms with E-state index in [0.29, 0.717) is 6.61 Å². The predicted octanol–water partition coefficient (Wildman–Crippen LogP) is 6.09. The summed E-state index contributed by atoms with van der Waals surface area (Å²) in [5.74, 6) is 3.39. The van der Waals surface area contributed by atoms with Crippen LogP contribution in [0.5, 0.6) is 11.5 Å². The van der Waals surface area contributed by atoms with E-state index in [1.54, 1.807) is 0 Å². The second kappa shape index (κ2) is 13.2. The van der Waals surface area contributed by atoms with E-state index in [2.05, 4.69) is 41.1 Å². The molecule has 5 rings (SSSR count). The maximum Gasteiger partial charge on any atom is 0.160 e. The van der Waals surface area contributed by atoms with Gasteiger partial charge in [-0.2, -0.15) is 0 Å². The Bertz CT molecular complexity index is 1140. The Balaban J connectivity index is 1.15. The first-order valence-electron chi connectivity index (χ1n) is 14.4. The van der Waals surface area contributed by atoms with E-state index in [0.717, 1.165) is 91.5 Å². The van der Waals surface area contributed by atoms with Gasteiger partial charge in [0.25, 0.3) is 0 Å². The van der Waals surface area contributed by atoms with E-state index < -0.39 is 0 Å². The molecule has 1 aliphatic carbocycles. The molecule has 1 saturated heterocycles. The summed E-state index contributed by atoms with van der Waals surface area (Å²) < 4.78 is 12.1. The van der Waals surface area contributed by atoms with Crippen LogP contribution in [0.1, 0.15) is 44.2 Å². The van der Waals surface area contributed by atoms with Gasteiger partial charge in [0.15, 0.2) is 5.82 Å². The summed E-state index contributed by atoms with van der Waals surface area (Å²) in [5.41, 5.74) is 3.93. The highest BCUT2D eigenvalue weighted by Crippen LogP contribution is 2.28. The van der Waals surface area contributed by atoms with Crippen molar-refractivity contribution in [3.05, 3.63) is 60.3 Å². The summed E-state index contributed by atoms with van der Waals surface area (Å²) in [6.07, 6.45) is 8.06. The SMILES string of the molecule is Cc1cc(-c2ccc(OCCC3CCCCC3)cc2)nc(-c2ccc(OCCN3CCN(C)CC3)cc2)n1. The van der Waals surface area contributed by atoms with Gasteiger partial charge in [-0.15, -0.1) is 0 Å². The Kier molecular flexibility index (Phi) is 9.26. The van der Waals surface area contributed by atoms with Gasteiger partial charge in [-0.3, -0.25) is 4.90 Å². The van der Waals surface area contributed by atoms with Gasteiger partial charge in [-0.05, 0) is 80.9 Å². The predicted molar refractivity (Wildman–Crippen MR) is 154 cm³/mol. The molecule has 6 nitrogen and oxygen atoms in total. The second-order valence-electron chi connectivity index (χ2n) is 10.9. The van der Waals surface area contributed by atoms with Gasteiger partial charge in [-0.25, -0.2) is 9.97 Å². The molecule has 0 spiro atoms. The topological polar surface area (TPSA) is 50.7 Å². The summed E-state index contributed by atoms with van der Waals surface area (Å²) >= 11 is 0. The van der Waals surface area contributed by atoms with Crippen molar-refractivity contribution in [3.63, 3.8) is 0 Å². The van der Waals surface area contributed by atoms with Crippen molar-refractivity contribution in [2.45, 2.75) is 45.4 Å². The summed E-state index contributed by atoms with van der Waals surface area (Å²) in [5, 5.41) is 0. The molecule has 1 aliphatic heterocycles.